The van der Waals surface area contributed by atoms with Crippen LogP contribution in [0.1, 0.15) is 129 Å². The molecule has 4 aromatic carbocycles. The Morgan fingerprint density at radius 1 is 0.768 bits per heavy atom. The van der Waals surface area contributed by atoms with Crippen molar-refractivity contribution in [1.29, 1.82) is 0 Å². The van der Waals surface area contributed by atoms with E-state index in [0.717, 1.165) is 47.9 Å². The van der Waals surface area contributed by atoms with E-state index in [1.807, 2.05) is 51.9 Å². The van der Waals surface area contributed by atoms with Gasteiger partial charge in [-0.15, -0.1) is 0 Å². The number of amides is 3. The molecule has 0 aliphatic carbocycles. The number of hydrogen-bond donors (Lipinski definition) is 2. The fourth-order valence-corrected chi connectivity index (χ4v) is 11.2. The number of carbonyl (C=O) groups is 3. The number of hydrogen-bond acceptors (Lipinski definition) is 8. The van der Waals surface area contributed by atoms with Crippen molar-refractivity contribution in [2.45, 2.75) is 154 Å². The van der Waals surface area contributed by atoms with E-state index in [2.05, 4.69) is 97.7 Å². The zero-order valence-corrected chi connectivity index (χ0v) is 45.9. The number of unbranched alkanes of at least 4 members (excludes halogenated alkanes) is 2. The molecule has 1 aromatic heterocycles. The second-order valence-electron chi connectivity index (χ2n) is 21.5. The van der Waals surface area contributed by atoms with Gasteiger partial charge in [0.05, 0.1) is 35.4 Å². The van der Waals surface area contributed by atoms with Crippen molar-refractivity contribution < 1.29 is 31.7 Å². The zero-order chi connectivity index (χ0) is 50.5. The number of fused-ring (bicyclic) bond motifs is 2. The maximum Gasteiger partial charge on any atom is 0.271 e. The van der Waals surface area contributed by atoms with Crippen LogP contribution in [0.3, 0.4) is 0 Å². The standard InChI is InChI=1S/C54H75N5O7SSi2/c1-13-15-25-47-48(51(61)55-30-16-14-2)56-49(58(47)31-32-65-68(9,10)53(3,4)5)45-29-27-41(50(60)57-67(63,64)44-28-26-38-21-17-18-23-40(38)34-44)35-46(45)52(62)59-36-42-24-20-19-22-39(42)33-43(59)37-66-69(11,12)54(6,7)8/h17-24,26-29,34-35,43H,13-16,25,30-33,36-37H2,1-12H3,(H,55,61)(H,57,60)/t43-/m0/s1. The molecule has 0 saturated heterocycles. The number of carbonyl (C=O) groups excluding carboxylic acids is 3. The number of sulfonamides is 1. The van der Waals surface area contributed by atoms with Gasteiger partial charge in [0.15, 0.2) is 16.6 Å². The number of rotatable bonds is 19. The highest BCUT2D eigenvalue weighted by atomic mass is 32.2. The molecule has 0 saturated carbocycles. The number of nitrogens with zero attached hydrogens (tertiary/aromatic N) is 3. The summed E-state index contributed by atoms with van der Waals surface area (Å²) in [6, 6.07) is 24.5. The third-order valence-electron chi connectivity index (χ3n) is 14.5. The van der Waals surface area contributed by atoms with Crippen molar-refractivity contribution in [3.8, 4) is 11.4 Å². The minimum absolute atomic E-state index is 0.0268. The van der Waals surface area contributed by atoms with Crippen LogP contribution in [0, 0.1) is 0 Å². The van der Waals surface area contributed by atoms with Crippen molar-refractivity contribution in [3.05, 3.63) is 119 Å². The van der Waals surface area contributed by atoms with Gasteiger partial charge in [-0.1, -0.05) is 123 Å². The monoisotopic (exact) mass is 993 g/mol. The van der Waals surface area contributed by atoms with Gasteiger partial charge >= 0.3 is 0 Å². The van der Waals surface area contributed by atoms with Crippen LogP contribution in [0.15, 0.2) is 89.8 Å². The van der Waals surface area contributed by atoms with Crippen LogP contribution in [0.25, 0.3) is 22.2 Å². The summed E-state index contributed by atoms with van der Waals surface area (Å²) < 4.78 is 45.7. The molecule has 0 bridgehead atoms. The summed E-state index contributed by atoms with van der Waals surface area (Å²) in [7, 11) is -8.82. The Morgan fingerprint density at radius 2 is 1.41 bits per heavy atom. The molecule has 1 aliphatic heterocycles. The lowest BCUT2D eigenvalue weighted by Crippen LogP contribution is -2.50. The van der Waals surface area contributed by atoms with Crippen LogP contribution in [0.4, 0.5) is 0 Å². The number of imidazole rings is 1. The van der Waals surface area contributed by atoms with Gasteiger partial charge in [0.25, 0.3) is 27.7 Å². The van der Waals surface area contributed by atoms with Crippen molar-refractivity contribution in [2.24, 2.45) is 0 Å². The topological polar surface area (TPSA) is 149 Å². The van der Waals surface area contributed by atoms with E-state index in [1.54, 1.807) is 12.1 Å². The highest BCUT2D eigenvalue weighted by Gasteiger charge is 2.41. The van der Waals surface area contributed by atoms with Crippen LogP contribution in [0.5, 0.6) is 0 Å². The molecule has 15 heteroatoms. The fourth-order valence-electron chi connectivity index (χ4n) is 8.07. The van der Waals surface area contributed by atoms with Gasteiger partial charge in [-0.05, 0) is 114 Å². The first-order valence-corrected chi connectivity index (χ1v) is 31.9. The Balaban J connectivity index is 1.53. The lowest BCUT2D eigenvalue weighted by Gasteiger charge is -2.41. The van der Waals surface area contributed by atoms with E-state index < -0.39 is 32.6 Å². The average molecular weight is 994 g/mol. The van der Waals surface area contributed by atoms with Gasteiger partial charge in [0.2, 0.25) is 0 Å². The Hall–Kier alpha value is -4.94. The van der Waals surface area contributed by atoms with E-state index in [9.17, 15) is 18.0 Å². The van der Waals surface area contributed by atoms with Crippen LogP contribution in [-0.2, 0) is 44.8 Å². The van der Waals surface area contributed by atoms with E-state index >= 15 is 4.79 Å². The Bertz CT molecular complexity index is 2770. The maximum absolute atomic E-state index is 15.8. The fraction of sp³-hybridized carbons (Fsp3) is 0.481. The predicted molar refractivity (Wildman–Crippen MR) is 282 cm³/mol. The van der Waals surface area contributed by atoms with E-state index in [1.165, 1.54) is 24.3 Å². The molecule has 69 heavy (non-hydrogen) atoms. The highest BCUT2D eigenvalue weighted by molar-refractivity contribution is 7.90. The summed E-state index contributed by atoms with van der Waals surface area (Å²) in [6.07, 6.45) is 4.50. The van der Waals surface area contributed by atoms with Gasteiger partial charge in [0, 0.05) is 30.8 Å². The molecule has 5 aromatic rings. The molecule has 0 fully saturated rings. The minimum Gasteiger partial charge on any atom is -0.415 e. The summed E-state index contributed by atoms with van der Waals surface area (Å²) in [5, 5.41) is 4.54. The van der Waals surface area contributed by atoms with E-state index in [0.29, 0.717) is 55.9 Å². The summed E-state index contributed by atoms with van der Waals surface area (Å²) in [6.45, 7) is 27.9. The molecule has 0 spiro atoms. The van der Waals surface area contributed by atoms with E-state index in [-0.39, 0.29) is 56.2 Å². The summed E-state index contributed by atoms with van der Waals surface area (Å²) >= 11 is 0. The second kappa shape index (κ2) is 21.6. The predicted octanol–water partition coefficient (Wildman–Crippen LogP) is 11.3. The zero-order valence-electron chi connectivity index (χ0n) is 43.0. The molecule has 2 heterocycles. The molecule has 0 radical (unpaired) electrons. The van der Waals surface area contributed by atoms with E-state index in [4.69, 9.17) is 13.8 Å². The lowest BCUT2D eigenvalue weighted by atomic mass is 9.92. The van der Waals surface area contributed by atoms with Crippen molar-refractivity contribution >= 4 is 55.2 Å². The lowest BCUT2D eigenvalue weighted by molar-refractivity contribution is 0.0555. The Labute approximate surface area is 413 Å². The van der Waals surface area contributed by atoms with Gasteiger partial charge < -0.3 is 23.6 Å². The van der Waals surface area contributed by atoms with Crippen LogP contribution in [0.2, 0.25) is 36.3 Å². The summed E-state index contributed by atoms with van der Waals surface area (Å²) in [4.78, 5) is 51.1. The van der Waals surface area contributed by atoms with Crippen molar-refractivity contribution in [2.75, 3.05) is 19.8 Å². The number of nitrogens with one attached hydrogen (secondary N) is 2. The van der Waals surface area contributed by atoms with Crippen LogP contribution in [-0.4, -0.2) is 83.0 Å². The van der Waals surface area contributed by atoms with Gasteiger partial charge in [-0.2, -0.15) is 0 Å². The average Bonchev–Trinajstić information content (AvgIpc) is 3.65. The third kappa shape index (κ3) is 12.3. The second-order valence-corrected chi connectivity index (χ2v) is 32.8. The molecular weight excluding hydrogens is 919 g/mol. The minimum atomic E-state index is -4.34. The molecule has 3 amide bonds. The van der Waals surface area contributed by atoms with Gasteiger partial charge in [-0.25, -0.2) is 18.1 Å². The SMILES string of the molecule is CCCCNC(=O)c1nc(-c2ccc(C(=O)NS(=O)(=O)c3ccc4ccccc4c3)cc2C(=O)N2Cc3ccccc3C[C@H]2CO[Si](C)(C)C(C)(C)C)n(CCO[Si](C)(C)C(C)(C)C)c1CCCC. The quantitative estimate of drug-likeness (QED) is 0.0613. The Morgan fingerprint density at radius 3 is 2.07 bits per heavy atom. The molecule has 12 nitrogen and oxygen atoms in total. The molecule has 0 unspecified atom stereocenters. The molecule has 6 rings (SSSR count). The van der Waals surface area contributed by atoms with Crippen LogP contribution >= 0.6 is 0 Å². The first-order chi connectivity index (χ1) is 32.4. The molecule has 1 atom stereocenters. The highest BCUT2D eigenvalue weighted by Crippen LogP contribution is 2.39. The third-order valence-corrected chi connectivity index (χ3v) is 24.9. The maximum atomic E-state index is 15.8. The largest absolute Gasteiger partial charge is 0.415 e. The molecule has 372 valence electrons. The van der Waals surface area contributed by atoms with Crippen molar-refractivity contribution in [3.63, 3.8) is 0 Å². The Kier molecular flexibility index (Phi) is 16.7. The molecule has 1 aliphatic rings. The van der Waals surface area contributed by atoms with Gasteiger partial charge in [0.1, 0.15) is 11.5 Å². The van der Waals surface area contributed by atoms with Crippen molar-refractivity contribution in [1.82, 2.24) is 24.5 Å². The first kappa shape index (κ1) is 53.4. The summed E-state index contributed by atoms with van der Waals surface area (Å²) in [5.41, 5.74) is 3.71. The number of aromatic nitrogens is 2. The first-order valence-electron chi connectivity index (χ1n) is 24.6. The number of benzene rings is 4. The smallest absolute Gasteiger partial charge is 0.271 e. The summed E-state index contributed by atoms with van der Waals surface area (Å²) in [5.74, 6) is -1.16. The van der Waals surface area contributed by atoms with Gasteiger partial charge in [-0.3, -0.25) is 14.4 Å². The molecular formula is C54H75N5O7SSi2. The molecule has 2 N–H and O–H groups in total. The van der Waals surface area contributed by atoms with Crippen LogP contribution < -0.4 is 10.0 Å². The normalized spacial score (nSPS) is 14.7.